The molecule has 0 aliphatic rings. The van der Waals surface area contributed by atoms with Gasteiger partial charge in [0, 0.05) is 18.0 Å². The number of fused-ring (bicyclic) bond motifs is 1. The Bertz CT molecular complexity index is 762. The summed E-state index contributed by atoms with van der Waals surface area (Å²) in [4.78, 5) is 24.7. The zero-order chi connectivity index (χ0) is 17.9. The van der Waals surface area contributed by atoms with Crippen LogP contribution in [0.25, 0.3) is 10.9 Å². The van der Waals surface area contributed by atoms with Crippen LogP contribution in [0, 0.1) is 0 Å². The number of benzene rings is 1. The van der Waals surface area contributed by atoms with Gasteiger partial charge in [-0.3, -0.25) is 4.79 Å². The fourth-order valence-electron chi connectivity index (χ4n) is 2.98. The van der Waals surface area contributed by atoms with E-state index in [4.69, 9.17) is 9.47 Å². The molecule has 0 N–H and O–H groups in total. The summed E-state index contributed by atoms with van der Waals surface area (Å²) in [6, 6.07) is 7.57. The maximum Gasteiger partial charge on any atom is 0.354 e. The van der Waals surface area contributed by atoms with E-state index in [9.17, 15) is 9.59 Å². The first kappa shape index (κ1) is 18.0. The predicted octanol–water partition coefficient (Wildman–Crippen LogP) is 3.59. The number of carbonyl (C=O) groups is 2. The Balaban J connectivity index is 2.65. The molecule has 1 unspecified atom stereocenters. The summed E-state index contributed by atoms with van der Waals surface area (Å²) in [7, 11) is 1.83. The average molecular weight is 331 g/mol. The topological polar surface area (TPSA) is 57.5 Å². The van der Waals surface area contributed by atoms with Crippen molar-refractivity contribution < 1.29 is 19.1 Å². The molecule has 0 bridgehead atoms. The summed E-state index contributed by atoms with van der Waals surface area (Å²) in [5.74, 6) is -0.613. The minimum atomic E-state index is -0.761. The molecule has 0 aliphatic heterocycles. The molecule has 2 rings (SSSR count). The van der Waals surface area contributed by atoms with Gasteiger partial charge >= 0.3 is 11.9 Å². The van der Waals surface area contributed by atoms with E-state index in [1.807, 2.05) is 39.1 Å². The minimum absolute atomic E-state index is 0.249. The number of aryl methyl sites for hydroxylation is 1. The van der Waals surface area contributed by atoms with Crippen molar-refractivity contribution in [2.75, 3.05) is 13.2 Å². The molecule has 0 spiro atoms. The van der Waals surface area contributed by atoms with E-state index in [0.717, 1.165) is 16.5 Å². The third-order valence-electron chi connectivity index (χ3n) is 4.60. The summed E-state index contributed by atoms with van der Waals surface area (Å²) in [6.45, 7) is 8.09. The largest absolute Gasteiger partial charge is 0.465 e. The summed E-state index contributed by atoms with van der Waals surface area (Å²) in [5, 5.41) is 0.875. The molecule has 0 amide bonds. The minimum Gasteiger partial charge on any atom is -0.465 e. The first-order chi connectivity index (χ1) is 11.4. The third kappa shape index (κ3) is 2.90. The normalized spacial score (nSPS) is 13.5. The van der Waals surface area contributed by atoms with Crippen molar-refractivity contribution in [3.8, 4) is 0 Å². The predicted molar refractivity (Wildman–Crippen MR) is 93.2 cm³/mol. The van der Waals surface area contributed by atoms with E-state index in [2.05, 4.69) is 0 Å². The van der Waals surface area contributed by atoms with Crippen LogP contribution in [0.3, 0.4) is 0 Å². The molecule has 0 radical (unpaired) electrons. The van der Waals surface area contributed by atoms with Gasteiger partial charge in [-0.2, -0.15) is 0 Å². The van der Waals surface area contributed by atoms with Gasteiger partial charge in [-0.1, -0.05) is 19.1 Å². The Morgan fingerprint density at radius 3 is 2.38 bits per heavy atom. The van der Waals surface area contributed by atoms with E-state index >= 15 is 0 Å². The van der Waals surface area contributed by atoms with Crippen molar-refractivity contribution in [3.63, 3.8) is 0 Å². The third-order valence-corrected chi connectivity index (χ3v) is 4.60. The fraction of sp³-hybridized carbons (Fsp3) is 0.474. The lowest BCUT2D eigenvalue weighted by molar-refractivity contribution is -0.149. The summed E-state index contributed by atoms with van der Waals surface area (Å²) < 4.78 is 12.2. The van der Waals surface area contributed by atoms with Gasteiger partial charge in [0.15, 0.2) is 0 Å². The fourth-order valence-corrected chi connectivity index (χ4v) is 2.98. The second-order valence-corrected chi connectivity index (χ2v) is 5.95. The second-order valence-electron chi connectivity index (χ2n) is 5.95. The van der Waals surface area contributed by atoms with Gasteiger partial charge in [0.05, 0.1) is 18.6 Å². The van der Waals surface area contributed by atoms with Gasteiger partial charge < -0.3 is 14.0 Å². The van der Waals surface area contributed by atoms with Crippen LogP contribution in [0.5, 0.6) is 0 Å². The van der Waals surface area contributed by atoms with Crippen molar-refractivity contribution in [1.29, 1.82) is 0 Å². The SMILES string of the molecule is CCOC(=O)c1cc2c(C(C)(CC)C(=O)OCC)cccc2n1C. The highest BCUT2D eigenvalue weighted by atomic mass is 16.5. The molecule has 1 atom stereocenters. The van der Waals surface area contributed by atoms with Gasteiger partial charge in [0.1, 0.15) is 5.69 Å². The van der Waals surface area contributed by atoms with Crippen LogP contribution in [-0.4, -0.2) is 29.7 Å². The standard InChI is InChI=1S/C19H25NO4/c1-6-19(4,18(22)24-8-3)14-10-9-11-15-13(14)12-16(20(15)5)17(21)23-7-2/h9-12H,6-8H2,1-5H3. The first-order valence-corrected chi connectivity index (χ1v) is 8.33. The van der Waals surface area contributed by atoms with Crippen LogP contribution in [0.15, 0.2) is 24.3 Å². The summed E-state index contributed by atoms with van der Waals surface area (Å²) in [5.41, 5.74) is 1.47. The van der Waals surface area contributed by atoms with Crippen LogP contribution in [0.1, 0.15) is 50.2 Å². The van der Waals surface area contributed by atoms with Crippen LogP contribution in [-0.2, 0) is 26.7 Å². The molecule has 0 fully saturated rings. The lowest BCUT2D eigenvalue weighted by Crippen LogP contribution is -2.34. The van der Waals surface area contributed by atoms with Crippen LogP contribution in [0.4, 0.5) is 0 Å². The van der Waals surface area contributed by atoms with E-state index in [1.54, 1.807) is 24.5 Å². The molecule has 5 nitrogen and oxygen atoms in total. The van der Waals surface area contributed by atoms with E-state index in [0.29, 0.717) is 25.3 Å². The zero-order valence-corrected chi connectivity index (χ0v) is 15.0. The van der Waals surface area contributed by atoms with Gasteiger partial charge in [-0.25, -0.2) is 4.79 Å². The molecule has 1 aromatic heterocycles. The van der Waals surface area contributed by atoms with Crippen molar-refractivity contribution in [3.05, 3.63) is 35.5 Å². The number of ether oxygens (including phenoxy) is 2. The molecule has 1 aromatic carbocycles. The van der Waals surface area contributed by atoms with E-state index in [1.165, 1.54) is 0 Å². The average Bonchev–Trinajstić information content (AvgIpc) is 2.91. The monoisotopic (exact) mass is 331 g/mol. The highest BCUT2D eigenvalue weighted by Crippen LogP contribution is 2.35. The second kappa shape index (κ2) is 7.07. The van der Waals surface area contributed by atoms with Gasteiger partial charge in [0.2, 0.25) is 0 Å². The van der Waals surface area contributed by atoms with Crippen molar-refractivity contribution in [1.82, 2.24) is 4.57 Å². The lowest BCUT2D eigenvalue weighted by atomic mass is 9.78. The number of aromatic nitrogens is 1. The molecule has 1 heterocycles. The smallest absolute Gasteiger partial charge is 0.354 e. The molecule has 130 valence electrons. The highest BCUT2D eigenvalue weighted by molar-refractivity contribution is 5.99. The van der Waals surface area contributed by atoms with Crippen LogP contribution in [0.2, 0.25) is 0 Å². The Hall–Kier alpha value is -2.30. The van der Waals surface area contributed by atoms with Crippen LogP contribution < -0.4 is 0 Å². The molecule has 0 aliphatic carbocycles. The molecular weight excluding hydrogens is 306 g/mol. The summed E-state index contributed by atoms with van der Waals surface area (Å²) in [6.07, 6.45) is 0.606. The number of rotatable bonds is 6. The molecule has 5 heteroatoms. The van der Waals surface area contributed by atoms with Crippen molar-refractivity contribution in [2.45, 2.75) is 39.5 Å². The van der Waals surface area contributed by atoms with Gasteiger partial charge in [-0.05, 0) is 44.9 Å². The zero-order valence-electron chi connectivity index (χ0n) is 15.0. The Labute approximate surface area is 142 Å². The van der Waals surface area contributed by atoms with Crippen molar-refractivity contribution in [2.24, 2.45) is 7.05 Å². The van der Waals surface area contributed by atoms with Gasteiger partial charge in [0.25, 0.3) is 0 Å². The van der Waals surface area contributed by atoms with Crippen molar-refractivity contribution >= 4 is 22.8 Å². The van der Waals surface area contributed by atoms with E-state index < -0.39 is 5.41 Å². The maximum atomic E-state index is 12.5. The quantitative estimate of drug-likeness (QED) is 0.759. The highest BCUT2D eigenvalue weighted by Gasteiger charge is 2.37. The maximum absolute atomic E-state index is 12.5. The molecule has 2 aromatic rings. The number of esters is 2. The molecule has 0 saturated heterocycles. The molecule has 0 saturated carbocycles. The number of hydrogen-bond acceptors (Lipinski definition) is 4. The Morgan fingerprint density at radius 2 is 1.79 bits per heavy atom. The lowest BCUT2D eigenvalue weighted by Gasteiger charge is -2.27. The number of hydrogen-bond donors (Lipinski definition) is 0. The van der Waals surface area contributed by atoms with Crippen LogP contribution >= 0.6 is 0 Å². The molecule has 24 heavy (non-hydrogen) atoms. The van der Waals surface area contributed by atoms with E-state index in [-0.39, 0.29) is 11.9 Å². The number of nitrogens with zero attached hydrogens (tertiary/aromatic N) is 1. The summed E-state index contributed by atoms with van der Waals surface area (Å²) >= 11 is 0. The van der Waals surface area contributed by atoms with Gasteiger partial charge in [-0.15, -0.1) is 0 Å². The number of carbonyl (C=O) groups excluding carboxylic acids is 2. The Morgan fingerprint density at radius 1 is 1.12 bits per heavy atom. The first-order valence-electron chi connectivity index (χ1n) is 8.33. The molecular formula is C19H25NO4. The Kier molecular flexibility index (Phi) is 5.32.